The fourth-order valence-corrected chi connectivity index (χ4v) is 6.11. The predicted molar refractivity (Wildman–Crippen MR) is 190 cm³/mol. The molecular weight excluding hydrogens is 528 g/mol. The van der Waals surface area contributed by atoms with Crippen molar-refractivity contribution in [3.05, 3.63) is 24.3 Å². The van der Waals surface area contributed by atoms with Crippen molar-refractivity contribution in [3.8, 4) is 0 Å². The molecule has 0 aromatic heterocycles. The molecule has 1 amide bonds. The van der Waals surface area contributed by atoms with Gasteiger partial charge in [-0.1, -0.05) is 142 Å². The van der Waals surface area contributed by atoms with Crippen LogP contribution in [0.1, 0.15) is 176 Å². The third-order valence-electron chi connectivity index (χ3n) is 9.69. The molecule has 43 heavy (non-hydrogen) atoms. The van der Waals surface area contributed by atoms with Crippen LogP contribution in [0.25, 0.3) is 0 Å². The summed E-state index contributed by atoms with van der Waals surface area (Å²) in [5, 5.41) is 6.43. The Bertz CT molecular complexity index is 752. The monoisotopic (exact) mass is 603 g/mol. The number of hydrogen-bond acceptors (Lipinski definition) is 3. The summed E-state index contributed by atoms with van der Waals surface area (Å²) < 4.78 is 0. The summed E-state index contributed by atoms with van der Waals surface area (Å²) >= 11 is 0. The minimum Gasteiger partial charge on any atom is -0.353 e. The Balaban J connectivity index is 4.42. The van der Waals surface area contributed by atoms with E-state index in [9.17, 15) is 9.59 Å². The summed E-state index contributed by atoms with van der Waals surface area (Å²) in [7, 11) is 2.05. The number of Topliss-reactive ketones (excluding diaryl/α,β-unsaturated/α-hetero) is 1. The Morgan fingerprint density at radius 3 is 1.88 bits per heavy atom. The van der Waals surface area contributed by atoms with Crippen LogP contribution in [-0.2, 0) is 9.59 Å². The van der Waals surface area contributed by atoms with Crippen LogP contribution in [-0.4, -0.2) is 31.8 Å². The zero-order valence-electron chi connectivity index (χ0n) is 30.0. The average Bonchev–Trinajstić information content (AvgIpc) is 2.92. The second kappa shape index (κ2) is 25.9. The molecule has 1 atom stereocenters. The largest absolute Gasteiger partial charge is 0.353 e. The number of amides is 1. The van der Waals surface area contributed by atoms with E-state index in [1.165, 1.54) is 89.0 Å². The summed E-state index contributed by atoms with van der Waals surface area (Å²) in [5.41, 5.74) is 1.82. The van der Waals surface area contributed by atoms with E-state index in [1.807, 2.05) is 7.05 Å². The molecule has 0 radical (unpaired) electrons. The molecule has 0 fully saturated rings. The van der Waals surface area contributed by atoms with Crippen molar-refractivity contribution < 1.29 is 9.59 Å². The van der Waals surface area contributed by atoms with Crippen molar-refractivity contribution in [2.75, 3.05) is 20.1 Å². The maximum Gasteiger partial charge on any atom is 0.220 e. The van der Waals surface area contributed by atoms with E-state index in [4.69, 9.17) is 0 Å². The van der Waals surface area contributed by atoms with Gasteiger partial charge in [0.25, 0.3) is 0 Å². The summed E-state index contributed by atoms with van der Waals surface area (Å²) in [6, 6.07) is 0. The number of unbranched alkanes of at least 4 members (excludes halogenated alkanes) is 12. The molecule has 0 saturated carbocycles. The summed E-state index contributed by atoms with van der Waals surface area (Å²) in [5.74, 6) is 1.23. The standard InChI is InChI=1S/C39H74N2O2/c1-9-10-11-12-13-20-25-30-41-37(43)29-24-19-15-18-23-28-36(27-22-17-14-16-21-26-35(3)42)31-34(2)32-38(4,5)39(6,7)33-40-8/h20,25,36,40H,2,9-19,21-24,26-33H2,1,3-8H3,(H,41,43)/b25-20-. The molecule has 0 aromatic rings. The molecule has 0 aliphatic rings. The van der Waals surface area contributed by atoms with E-state index in [1.54, 1.807) is 6.92 Å². The lowest BCUT2D eigenvalue weighted by atomic mass is 9.64. The number of hydrogen-bond donors (Lipinski definition) is 2. The maximum atomic E-state index is 12.1. The topological polar surface area (TPSA) is 58.2 Å². The van der Waals surface area contributed by atoms with Crippen molar-refractivity contribution >= 4 is 11.7 Å². The lowest BCUT2D eigenvalue weighted by molar-refractivity contribution is -0.121. The van der Waals surface area contributed by atoms with Crippen LogP contribution in [0.15, 0.2) is 24.3 Å². The maximum absolute atomic E-state index is 12.1. The van der Waals surface area contributed by atoms with Crippen LogP contribution >= 0.6 is 0 Å². The van der Waals surface area contributed by atoms with Gasteiger partial charge in [-0.3, -0.25) is 4.79 Å². The van der Waals surface area contributed by atoms with E-state index >= 15 is 0 Å². The molecular formula is C39H74N2O2. The van der Waals surface area contributed by atoms with Gasteiger partial charge in [0.05, 0.1) is 0 Å². The number of carbonyl (C=O) groups excluding carboxylic acids is 2. The Kier molecular flexibility index (Phi) is 25.0. The van der Waals surface area contributed by atoms with Crippen LogP contribution in [0.3, 0.4) is 0 Å². The molecule has 4 heteroatoms. The minimum atomic E-state index is 0.191. The van der Waals surface area contributed by atoms with E-state index in [0.29, 0.717) is 18.7 Å². The smallest absolute Gasteiger partial charge is 0.220 e. The molecule has 0 saturated heterocycles. The molecule has 0 spiro atoms. The molecule has 2 N–H and O–H groups in total. The highest BCUT2D eigenvalue weighted by molar-refractivity contribution is 5.76. The average molecular weight is 603 g/mol. The predicted octanol–water partition coefficient (Wildman–Crippen LogP) is 10.9. The van der Waals surface area contributed by atoms with Gasteiger partial charge in [0.2, 0.25) is 5.91 Å². The third kappa shape index (κ3) is 23.6. The summed E-state index contributed by atoms with van der Waals surface area (Å²) in [6.45, 7) is 19.7. The highest BCUT2D eigenvalue weighted by atomic mass is 16.1. The Labute approximate surface area is 269 Å². The summed E-state index contributed by atoms with van der Waals surface area (Å²) in [4.78, 5) is 23.3. The number of rotatable bonds is 30. The van der Waals surface area contributed by atoms with Crippen LogP contribution in [0.5, 0.6) is 0 Å². The normalized spacial score (nSPS) is 13.0. The van der Waals surface area contributed by atoms with Crippen LogP contribution in [0, 0.1) is 16.7 Å². The number of allylic oxidation sites excluding steroid dienone is 2. The molecule has 1 unspecified atom stereocenters. The highest BCUT2D eigenvalue weighted by Crippen LogP contribution is 2.44. The molecule has 0 aliphatic carbocycles. The van der Waals surface area contributed by atoms with Gasteiger partial charge < -0.3 is 15.4 Å². The number of nitrogens with one attached hydrogen (secondary N) is 2. The fraction of sp³-hybridized carbons (Fsp3) is 0.846. The van der Waals surface area contributed by atoms with E-state index in [0.717, 1.165) is 57.4 Å². The Hall–Kier alpha value is -1.42. The van der Waals surface area contributed by atoms with Crippen LogP contribution in [0.4, 0.5) is 0 Å². The molecule has 252 valence electrons. The highest BCUT2D eigenvalue weighted by Gasteiger charge is 2.36. The van der Waals surface area contributed by atoms with Gasteiger partial charge in [-0.05, 0) is 69.2 Å². The Morgan fingerprint density at radius 1 is 0.744 bits per heavy atom. The third-order valence-corrected chi connectivity index (χ3v) is 9.69. The second-order valence-electron chi connectivity index (χ2n) is 14.7. The van der Waals surface area contributed by atoms with Gasteiger partial charge in [-0.2, -0.15) is 0 Å². The zero-order chi connectivity index (χ0) is 32.4. The van der Waals surface area contributed by atoms with E-state index in [2.05, 4.69) is 64.0 Å². The van der Waals surface area contributed by atoms with Gasteiger partial charge in [0.15, 0.2) is 0 Å². The van der Waals surface area contributed by atoms with Crippen LogP contribution < -0.4 is 10.6 Å². The van der Waals surface area contributed by atoms with Gasteiger partial charge >= 0.3 is 0 Å². The number of carbonyl (C=O) groups is 2. The first-order valence-electron chi connectivity index (χ1n) is 18.2. The first-order valence-corrected chi connectivity index (χ1v) is 18.2. The molecule has 0 heterocycles. The van der Waals surface area contributed by atoms with Crippen molar-refractivity contribution in [2.45, 2.75) is 176 Å². The first-order chi connectivity index (χ1) is 20.4. The van der Waals surface area contributed by atoms with E-state index in [-0.39, 0.29) is 16.7 Å². The van der Waals surface area contributed by atoms with Crippen molar-refractivity contribution in [2.24, 2.45) is 16.7 Å². The molecule has 0 bridgehead atoms. The first kappa shape index (κ1) is 41.6. The van der Waals surface area contributed by atoms with Gasteiger partial charge in [-0.15, -0.1) is 0 Å². The molecule has 0 aliphatic heterocycles. The second-order valence-corrected chi connectivity index (χ2v) is 14.7. The lowest BCUT2D eigenvalue weighted by Gasteiger charge is -2.42. The van der Waals surface area contributed by atoms with Crippen LogP contribution in [0.2, 0.25) is 0 Å². The Morgan fingerprint density at radius 2 is 1.30 bits per heavy atom. The quantitative estimate of drug-likeness (QED) is 0.0635. The minimum absolute atomic E-state index is 0.191. The van der Waals surface area contributed by atoms with E-state index < -0.39 is 0 Å². The molecule has 0 aromatic carbocycles. The van der Waals surface area contributed by atoms with Gasteiger partial charge in [0.1, 0.15) is 5.78 Å². The van der Waals surface area contributed by atoms with Crippen molar-refractivity contribution in [1.29, 1.82) is 0 Å². The van der Waals surface area contributed by atoms with Gasteiger partial charge in [0, 0.05) is 25.9 Å². The van der Waals surface area contributed by atoms with Crippen molar-refractivity contribution in [3.63, 3.8) is 0 Å². The lowest BCUT2D eigenvalue weighted by Crippen LogP contribution is -2.40. The van der Waals surface area contributed by atoms with Crippen molar-refractivity contribution in [1.82, 2.24) is 10.6 Å². The molecule has 0 rings (SSSR count). The molecule has 4 nitrogen and oxygen atoms in total. The summed E-state index contributed by atoms with van der Waals surface area (Å²) in [6.07, 6.45) is 28.7. The SMILES string of the molecule is C=C(CC(CCCCCCCC(C)=O)CCCCCCCC(=O)NC/C=C\CCCCCC)CC(C)(C)C(C)(C)CNC. The van der Waals surface area contributed by atoms with Gasteiger partial charge in [-0.25, -0.2) is 0 Å². The zero-order valence-corrected chi connectivity index (χ0v) is 30.0. The fourth-order valence-electron chi connectivity index (χ4n) is 6.11. The number of ketones is 1.